The monoisotopic (exact) mass is 419 g/mol. The Bertz CT molecular complexity index is 1050. The molecule has 0 spiro atoms. The molecule has 0 heterocycles. The normalized spacial score (nSPS) is 11.0. The lowest BCUT2D eigenvalue weighted by Gasteiger charge is -2.20. The molecule has 1 N–H and O–H groups in total. The summed E-state index contributed by atoms with van der Waals surface area (Å²) < 4.78 is 10.6. The molecule has 0 aromatic heterocycles. The summed E-state index contributed by atoms with van der Waals surface area (Å²) in [6.45, 7) is 7.71. The Kier molecular flexibility index (Phi) is 7.29. The summed E-state index contributed by atoms with van der Waals surface area (Å²) in [5.74, 6) is 0.130. The lowest BCUT2D eigenvalue weighted by molar-refractivity contribution is -0.149. The molecule has 3 aromatic rings. The summed E-state index contributed by atoms with van der Waals surface area (Å²) in [6, 6.07) is 19.5. The Morgan fingerprint density at radius 3 is 2.10 bits per heavy atom. The third kappa shape index (κ3) is 5.85. The van der Waals surface area contributed by atoms with Crippen LogP contribution in [0.4, 0.5) is 5.69 Å². The smallest absolute Gasteiger partial charge is 0.344 e. The van der Waals surface area contributed by atoms with Gasteiger partial charge in [-0.05, 0) is 45.9 Å². The summed E-state index contributed by atoms with van der Waals surface area (Å²) >= 11 is 0. The van der Waals surface area contributed by atoms with E-state index in [1.54, 1.807) is 6.07 Å². The molecule has 162 valence electrons. The van der Waals surface area contributed by atoms with Gasteiger partial charge in [0.05, 0.1) is 0 Å². The van der Waals surface area contributed by atoms with Gasteiger partial charge in [0.1, 0.15) is 5.75 Å². The first-order valence-electron chi connectivity index (χ1n) is 10.5. The van der Waals surface area contributed by atoms with Crippen LogP contribution in [0.2, 0.25) is 0 Å². The van der Waals surface area contributed by atoms with Gasteiger partial charge in [-0.1, -0.05) is 76.2 Å². The average molecular weight is 420 g/mol. The molecule has 0 saturated carbocycles. The van der Waals surface area contributed by atoms with Gasteiger partial charge in [0, 0.05) is 5.69 Å². The van der Waals surface area contributed by atoms with E-state index >= 15 is 0 Å². The first-order chi connectivity index (χ1) is 14.8. The molecule has 0 aliphatic heterocycles. The highest BCUT2D eigenvalue weighted by Crippen LogP contribution is 2.32. The van der Waals surface area contributed by atoms with Crippen molar-refractivity contribution in [1.29, 1.82) is 0 Å². The molecule has 31 heavy (non-hydrogen) atoms. The number of amides is 1. The van der Waals surface area contributed by atoms with Crippen LogP contribution < -0.4 is 10.1 Å². The van der Waals surface area contributed by atoms with Crippen LogP contribution in [-0.4, -0.2) is 25.1 Å². The van der Waals surface area contributed by atoms with E-state index in [9.17, 15) is 9.59 Å². The summed E-state index contributed by atoms with van der Waals surface area (Å²) in [6.07, 6.45) is 0. The number of nitrogens with one attached hydrogen (secondary N) is 1. The fourth-order valence-corrected chi connectivity index (χ4v) is 3.46. The molecule has 3 aromatic carbocycles. The molecule has 0 bridgehead atoms. The van der Waals surface area contributed by atoms with Crippen LogP contribution in [0.25, 0.3) is 10.8 Å². The van der Waals surface area contributed by atoms with Gasteiger partial charge in [0.2, 0.25) is 0 Å². The van der Waals surface area contributed by atoms with E-state index in [1.165, 1.54) is 0 Å². The SMILES string of the molecule is CC(C)c1cccc(C(C)C)c1NC(=O)COC(=O)COc1ccc2ccccc2c1. The zero-order valence-corrected chi connectivity index (χ0v) is 18.5. The summed E-state index contributed by atoms with van der Waals surface area (Å²) in [5, 5.41) is 5.05. The molecular weight excluding hydrogens is 390 g/mol. The summed E-state index contributed by atoms with van der Waals surface area (Å²) in [4.78, 5) is 24.5. The van der Waals surface area contributed by atoms with Crippen molar-refractivity contribution in [1.82, 2.24) is 0 Å². The van der Waals surface area contributed by atoms with Crippen LogP contribution in [0.15, 0.2) is 60.7 Å². The van der Waals surface area contributed by atoms with E-state index in [2.05, 4.69) is 33.0 Å². The fraction of sp³-hybridized carbons (Fsp3) is 0.308. The predicted molar refractivity (Wildman–Crippen MR) is 124 cm³/mol. The van der Waals surface area contributed by atoms with Gasteiger partial charge in [0.25, 0.3) is 5.91 Å². The van der Waals surface area contributed by atoms with Crippen LogP contribution >= 0.6 is 0 Å². The van der Waals surface area contributed by atoms with E-state index in [-0.39, 0.29) is 31.0 Å². The fourth-order valence-electron chi connectivity index (χ4n) is 3.46. The van der Waals surface area contributed by atoms with Crippen molar-refractivity contribution < 1.29 is 19.1 Å². The van der Waals surface area contributed by atoms with E-state index in [0.29, 0.717) is 5.75 Å². The minimum absolute atomic E-state index is 0.256. The van der Waals surface area contributed by atoms with Crippen molar-refractivity contribution in [3.63, 3.8) is 0 Å². The number of hydrogen-bond donors (Lipinski definition) is 1. The highest BCUT2D eigenvalue weighted by Gasteiger charge is 2.17. The highest BCUT2D eigenvalue weighted by atomic mass is 16.6. The molecule has 0 saturated heterocycles. The molecule has 1 amide bonds. The first-order valence-corrected chi connectivity index (χ1v) is 10.5. The molecule has 0 aliphatic rings. The Morgan fingerprint density at radius 2 is 1.45 bits per heavy atom. The number of carbonyl (C=O) groups excluding carboxylic acids is 2. The van der Waals surface area contributed by atoms with E-state index in [0.717, 1.165) is 27.6 Å². The lowest BCUT2D eigenvalue weighted by atomic mass is 9.92. The average Bonchev–Trinajstić information content (AvgIpc) is 2.75. The van der Waals surface area contributed by atoms with Gasteiger partial charge >= 0.3 is 5.97 Å². The maximum absolute atomic E-state index is 12.5. The molecular formula is C26H29NO4. The van der Waals surface area contributed by atoms with Gasteiger partial charge < -0.3 is 14.8 Å². The van der Waals surface area contributed by atoms with Crippen molar-refractivity contribution in [3.8, 4) is 5.75 Å². The van der Waals surface area contributed by atoms with Crippen LogP contribution in [0.3, 0.4) is 0 Å². The zero-order chi connectivity index (χ0) is 22.4. The number of carbonyl (C=O) groups is 2. The van der Waals surface area contributed by atoms with Gasteiger partial charge in [-0.2, -0.15) is 0 Å². The Hall–Kier alpha value is -3.34. The molecule has 3 rings (SSSR count). The minimum atomic E-state index is -0.593. The number of esters is 1. The van der Waals surface area contributed by atoms with Crippen molar-refractivity contribution >= 4 is 28.3 Å². The van der Waals surface area contributed by atoms with Gasteiger partial charge in [0.15, 0.2) is 13.2 Å². The maximum atomic E-state index is 12.5. The maximum Gasteiger partial charge on any atom is 0.344 e. The number of para-hydroxylation sites is 1. The number of hydrogen-bond acceptors (Lipinski definition) is 4. The van der Waals surface area contributed by atoms with Gasteiger partial charge in [-0.25, -0.2) is 4.79 Å². The second-order valence-electron chi connectivity index (χ2n) is 8.13. The van der Waals surface area contributed by atoms with Gasteiger partial charge in [-0.3, -0.25) is 4.79 Å². The Balaban J connectivity index is 1.55. The predicted octanol–water partition coefficient (Wildman–Crippen LogP) is 5.65. The second-order valence-corrected chi connectivity index (χ2v) is 8.13. The highest BCUT2D eigenvalue weighted by molar-refractivity contribution is 5.94. The van der Waals surface area contributed by atoms with E-state index in [1.807, 2.05) is 54.6 Å². The largest absolute Gasteiger partial charge is 0.482 e. The quantitative estimate of drug-likeness (QED) is 0.479. The standard InChI is InChI=1S/C26H29NO4/c1-17(2)22-10-7-11-23(18(3)4)26(22)27-24(28)15-31-25(29)16-30-21-13-12-19-8-5-6-9-20(19)14-21/h5-14,17-18H,15-16H2,1-4H3,(H,27,28). The zero-order valence-electron chi connectivity index (χ0n) is 18.5. The first kappa shape index (κ1) is 22.3. The third-order valence-corrected chi connectivity index (χ3v) is 5.08. The number of fused-ring (bicyclic) bond motifs is 1. The van der Waals surface area contributed by atoms with Crippen molar-refractivity contribution in [2.45, 2.75) is 39.5 Å². The van der Waals surface area contributed by atoms with Gasteiger partial charge in [-0.15, -0.1) is 0 Å². The molecule has 5 heteroatoms. The van der Waals surface area contributed by atoms with Crippen LogP contribution in [0.5, 0.6) is 5.75 Å². The summed E-state index contributed by atoms with van der Waals surface area (Å²) in [5.41, 5.74) is 2.93. The Morgan fingerprint density at radius 1 is 0.806 bits per heavy atom. The molecule has 0 aliphatic carbocycles. The molecule has 0 radical (unpaired) electrons. The number of ether oxygens (including phenoxy) is 2. The number of benzene rings is 3. The van der Waals surface area contributed by atoms with E-state index < -0.39 is 5.97 Å². The van der Waals surface area contributed by atoms with E-state index in [4.69, 9.17) is 9.47 Å². The van der Waals surface area contributed by atoms with Crippen LogP contribution in [-0.2, 0) is 14.3 Å². The number of rotatable bonds is 8. The minimum Gasteiger partial charge on any atom is -0.482 e. The van der Waals surface area contributed by atoms with Crippen LogP contribution in [0, 0.1) is 0 Å². The molecule has 0 atom stereocenters. The molecule has 5 nitrogen and oxygen atoms in total. The van der Waals surface area contributed by atoms with Crippen molar-refractivity contribution in [2.24, 2.45) is 0 Å². The molecule has 0 unspecified atom stereocenters. The van der Waals surface area contributed by atoms with Crippen molar-refractivity contribution in [2.75, 3.05) is 18.5 Å². The lowest BCUT2D eigenvalue weighted by Crippen LogP contribution is -2.24. The van der Waals surface area contributed by atoms with Crippen molar-refractivity contribution in [3.05, 3.63) is 71.8 Å². The molecule has 0 fully saturated rings. The Labute approximate surface area is 183 Å². The summed E-state index contributed by atoms with van der Waals surface area (Å²) in [7, 11) is 0. The third-order valence-electron chi connectivity index (χ3n) is 5.08. The second kappa shape index (κ2) is 10.1. The topological polar surface area (TPSA) is 64.6 Å². The van der Waals surface area contributed by atoms with Crippen LogP contribution in [0.1, 0.15) is 50.7 Å². The number of anilines is 1.